The van der Waals surface area contributed by atoms with Gasteiger partial charge < -0.3 is 15.6 Å². The first-order valence-corrected chi connectivity index (χ1v) is 5.92. The van der Waals surface area contributed by atoms with E-state index in [9.17, 15) is 4.79 Å². The first kappa shape index (κ1) is 13.3. The molecular formula is C11H12ClN5O2. The number of nitrogen functional groups attached to an aromatic ring is 1. The van der Waals surface area contributed by atoms with E-state index in [-0.39, 0.29) is 16.7 Å². The minimum Gasteiger partial charge on any atom is -0.397 e. The summed E-state index contributed by atoms with van der Waals surface area (Å²) in [6, 6.07) is 1.42. The third-order valence-corrected chi connectivity index (χ3v) is 2.56. The van der Waals surface area contributed by atoms with Crippen LogP contribution in [-0.4, -0.2) is 27.6 Å². The Kier molecular flexibility index (Phi) is 3.96. The third-order valence-electron chi connectivity index (χ3n) is 2.35. The molecule has 19 heavy (non-hydrogen) atoms. The van der Waals surface area contributed by atoms with E-state index in [2.05, 4.69) is 20.4 Å². The third kappa shape index (κ3) is 3.41. The molecule has 2 heterocycles. The van der Waals surface area contributed by atoms with Crippen LogP contribution in [0.2, 0.25) is 5.15 Å². The van der Waals surface area contributed by atoms with Crippen LogP contribution in [0, 0.1) is 6.92 Å². The van der Waals surface area contributed by atoms with Crippen LogP contribution in [0.4, 0.5) is 5.69 Å². The summed E-state index contributed by atoms with van der Waals surface area (Å²) in [7, 11) is 0. The maximum absolute atomic E-state index is 11.9. The van der Waals surface area contributed by atoms with Gasteiger partial charge in [-0.2, -0.15) is 4.98 Å². The summed E-state index contributed by atoms with van der Waals surface area (Å²) < 4.78 is 4.82. The van der Waals surface area contributed by atoms with Gasteiger partial charge >= 0.3 is 0 Å². The molecule has 3 N–H and O–H groups in total. The molecule has 1 amide bonds. The van der Waals surface area contributed by atoms with Gasteiger partial charge in [-0.1, -0.05) is 16.8 Å². The van der Waals surface area contributed by atoms with Crippen molar-refractivity contribution >= 4 is 23.2 Å². The van der Waals surface area contributed by atoms with Crippen LogP contribution in [-0.2, 0) is 6.42 Å². The standard InChI is InChI=1S/C11H12ClN5O2/c1-6-16-10(17-19-6)2-3-14-11(18)7-4-9(12)15-5-8(7)13/h4-5H,2-3,13H2,1H3,(H,14,18). The first-order valence-electron chi connectivity index (χ1n) is 5.54. The largest absolute Gasteiger partial charge is 0.397 e. The number of carbonyl (C=O) groups is 1. The summed E-state index contributed by atoms with van der Waals surface area (Å²) in [5.74, 6) is 0.715. The number of carbonyl (C=O) groups excluding carboxylic acids is 1. The van der Waals surface area contributed by atoms with Crippen molar-refractivity contribution in [1.29, 1.82) is 0 Å². The summed E-state index contributed by atoms with van der Waals surface area (Å²) in [6.07, 6.45) is 1.82. The Morgan fingerprint density at radius 2 is 2.37 bits per heavy atom. The second kappa shape index (κ2) is 5.66. The highest BCUT2D eigenvalue weighted by atomic mass is 35.5. The van der Waals surface area contributed by atoms with Crippen LogP contribution in [0.25, 0.3) is 0 Å². The molecule has 0 spiro atoms. The minimum absolute atomic E-state index is 0.216. The number of nitrogens with one attached hydrogen (secondary N) is 1. The molecule has 0 saturated carbocycles. The lowest BCUT2D eigenvalue weighted by atomic mass is 10.2. The highest BCUT2D eigenvalue weighted by Gasteiger charge is 2.11. The van der Waals surface area contributed by atoms with E-state index >= 15 is 0 Å². The second-order valence-electron chi connectivity index (χ2n) is 3.83. The zero-order valence-electron chi connectivity index (χ0n) is 10.2. The molecule has 0 aliphatic rings. The topological polar surface area (TPSA) is 107 Å². The SMILES string of the molecule is Cc1nc(CCNC(=O)c2cc(Cl)ncc2N)no1. The molecule has 0 radical (unpaired) electrons. The lowest BCUT2D eigenvalue weighted by molar-refractivity contribution is 0.0954. The number of pyridine rings is 1. The number of nitrogens with two attached hydrogens (primary N) is 1. The number of amides is 1. The van der Waals surface area contributed by atoms with E-state index in [1.807, 2.05) is 0 Å². The van der Waals surface area contributed by atoms with E-state index in [1.54, 1.807) is 6.92 Å². The van der Waals surface area contributed by atoms with E-state index in [1.165, 1.54) is 12.3 Å². The number of rotatable bonds is 4. The molecule has 0 atom stereocenters. The summed E-state index contributed by atoms with van der Waals surface area (Å²) in [4.78, 5) is 19.7. The Bertz CT molecular complexity index is 599. The van der Waals surface area contributed by atoms with Gasteiger partial charge in [-0.15, -0.1) is 0 Å². The fourth-order valence-corrected chi connectivity index (χ4v) is 1.62. The zero-order valence-corrected chi connectivity index (χ0v) is 10.9. The van der Waals surface area contributed by atoms with Crippen molar-refractivity contribution in [2.75, 3.05) is 12.3 Å². The van der Waals surface area contributed by atoms with Crippen molar-refractivity contribution in [1.82, 2.24) is 20.4 Å². The molecule has 8 heteroatoms. The molecule has 0 unspecified atom stereocenters. The van der Waals surface area contributed by atoms with Crippen LogP contribution in [0.5, 0.6) is 0 Å². The van der Waals surface area contributed by atoms with Crippen molar-refractivity contribution < 1.29 is 9.32 Å². The summed E-state index contributed by atoms with van der Waals surface area (Å²) in [5, 5.41) is 6.64. The van der Waals surface area contributed by atoms with Gasteiger partial charge in [-0.3, -0.25) is 4.79 Å². The number of aryl methyl sites for hydroxylation is 1. The predicted molar refractivity (Wildman–Crippen MR) is 68.7 cm³/mol. The molecule has 100 valence electrons. The van der Waals surface area contributed by atoms with Crippen LogP contribution >= 0.6 is 11.6 Å². The van der Waals surface area contributed by atoms with Gasteiger partial charge in [0.1, 0.15) is 5.15 Å². The monoisotopic (exact) mass is 281 g/mol. The fraction of sp³-hybridized carbons (Fsp3) is 0.273. The number of aromatic nitrogens is 3. The van der Waals surface area contributed by atoms with Crippen molar-refractivity contribution in [3.05, 3.63) is 34.7 Å². The van der Waals surface area contributed by atoms with Gasteiger partial charge in [0.15, 0.2) is 5.82 Å². The van der Waals surface area contributed by atoms with Gasteiger partial charge in [0.2, 0.25) is 5.89 Å². The molecule has 2 aromatic rings. The molecule has 0 aromatic carbocycles. The summed E-state index contributed by atoms with van der Waals surface area (Å²) in [5.41, 5.74) is 6.23. The second-order valence-corrected chi connectivity index (χ2v) is 4.22. The van der Waals surface area contributed by atoms with Crippen LogP contribution < -0.4 is 11.1 Å². The molecule has 7 nitrogen and oxygen atoms in total. The van der Waals surface area contributed by atoms with E-state index in [0.29, 0.717) is 30.2 Å². The molecule has 0 bridgehead atoms. The fourth-order valence-electron chi connectivity index (χ4n) is 1.46. The van der Waals surface area contributed by atoms with Gasteiger partial charge in [0.05, 0.1) is 17.4 Å². The molecule has 2 aromatic heterocycles. The normalized spacial score (nSPS) is 10.4. The van der Waals surface area contributed by atoms with E-state index < -0.39 is 0 Å². The Balaban J connectivity index is 1.92. The lowest BCUT2D eigenvalue weighted by Crippen LogP contribution is -2.26. The van der Waals surface area contributed by atoms with Crippen LogP contribution in [0.1, 0.15) is 22.1 Å². The number of hydrogen-bond donors (Lipinski definition) is 2. The van der Waals surface area contributed by atoms with Gasteiger partial charge in [0, 0.05) is 19.9 Å². The average Bonchev–Trinajstić information content (AvgIpc) is 2.78. The quantitative estimate of drug-likeness (QED) is 0.809. The van der Waals surface area contributed by atoms with Gasteiger partial charge in [-0.25, -0.2) is 4.98 Å². The van der Waals surface area contributed by atoms with Crippen molar-refractivity contribution in [3.8, 4) is 0 Å². The van der Waals surface area contributed by atoms with E-state index in [4.69, 9.17) is 21.9 Å². The summed E-state index contributed by atoms with van der Waals surface area (Å²) >= 11 is 5.71. The van der Waals surface area contributed by atoms with Crippen LogP contribution in [0.3, 0.4) is 0 Å². The molecule has 0 saturated heterocycles. The van der Waals surface area contributed by atoms with Crippen molar-refractivity contribution in [3.63, 3.8) is 0 Å². The average molecular weight is 282 g/mol. The zero-order chi connectivity index (χ0) is 13.8. The van der Waals surface area contributed by atoms with Crippen LogP contribution in [0.15, 0.2) is 16.8 Å². The molecule has 0 aliphatic carbocycles. The Hall–Kier alpha value is -2.15. The number of anilines is 1. The van der Waals surface area contributed by atoms with Gasteiger partial charge in [-0.05, 0) is 6.07 Å². The smallest absolute Gasteiger partial charge is 0.253 e. The Morgan fingerprint density at radius 1 is 1.58 bits per heavy atom. The Labute approximate surface area is 114 Å². The first-order chi connectivity index (χ1) is 9.06. The molecule has 0 aliphatic heterocycles. The molecule has 2 rings (SSSR count). The van der Waals surface area contributed by atoms with Crippen molar-refractivity contribution in [2.45, 2.75) is 13.3 Å². The molecule has 0 fully saturated rings. The predicted octanol–water partition coefficient (Wildman–Crippen LogP) is 0.981. The lowest BCUT2D eigenvalue weighted by Gasteiger charge is -2.06. The molecular weight excluding hydrogens is 270 g/mol. The maximum Gasteiger partial charge on any atom is 0.253 e. The van der Waals surface area contributed by atoms with Gasteiger partial charge in [0.25, 0.3) is 5.91 Å². The number of halogens is 1. The maximum atomic E-state index is 11.9. The minimum atomic E-state index is -0.318. The van der Waals surface area contributed by atoms with E-state index in [0.717, 1.165) is 0 Å². The number of nitrogens with zero attached hydrogens (tertiary/aromatic N) is 3. The number of hydrogen-bond acceptors (Lipinski definition) is 6. The van der Waals surface area contributed by atoms with Crippen molar-refractivity contribution in [2.24, 2.45) is 0 Å². The highest BCUT2D eigenvalue weighted by Crippen LogP contribution is 2.14. The highest BCUT2D eigenvalue weighted by molar-refractivity contribution is 6.29. The Morgan fingerprint density at radius 3 is 3.05 bits per heavy atom. The summed E-state index contributed by atoms with van der Waals surface area (Å²) in [6.45, 7) is 2.08.